The Morgan fingerprint density at radius 1 is 0.184 bits per heavy atom. The number of hydrogen-bond donors (Lipinski definition) is 22. The molecule has 16 bridgehead atoms. The number of aromatic nitrogens is 2. The summed E-state index contributed by atoms with van der Waals surface area (Å²) in [4.78, 5) is 0. The molecule has 40 atom stereocenters. The summed E-state index contributed by atoms with van der Waals surface area (Å²) in [5.41, 5.74) is 0. The fourth-order valence-electron chi connectivity index (χ4n) is 13.4. The summed E-state index contributed by atoms with van der Waals surface area (Å²) in [7, 11) is 0. The lowest BCUT2D eigenvalue weighted by Gasteiger charge is -2.50. The van der Waals surface area contributed by atoms with Crippen LogP contribution in [-0.4, -0.2) is 398 Å². The molecular weight excluding hydrogens is 1330 g/mol. The summed E-state index contributed by atoms with van der Waals surface area (Å²) < 4.78 is 97.8. The highest BCUT2D eigenvalue weighted by Gasteiger charge is 2.61. The second kappa shape index (κ2) is 32.8. The molecule has 22 N–H and O–H groups in total. The van der Waals surface area contributed by atoms with Gasteiger partial charge in [0.1, 0.15) is 195 Å². The van der Waals surface area contributed by atoms with E-state index < -0.39 is 285 Å². The van der Waals surface area contributed by atoms with Gasteiger partial charge in [-0.15, -0.1) is 0 Å². The van der Waals surface area contributed by atoms with Gasteiger partial charge in [0.25, 0.3) is 0 Å². The van der Waals surface area contributed by atoms with Gasteiger partial charge in [-0.3, -0.25) is 0 Å². The first-order chi connectivity index (χ1) is 46.9. The highest BCUT2D eigenvalue weighted by atomic mass is 16.8. The number of nitrogens with zero attached hydrogens (tertiary/aromatic N) is 2. The van der Waals surface area contributed by atoms with E-state index in [1.807, 2.05) is 0 Å². The molecular formula is C58H88N2O38+2. The van der Waals surface area contributed by atoms with Crippen molar-refractivity contribution >= 4 is 0 Å². The number of rotatable bonds is 10. The lowest BCUT2D eigenvalue weighted by atomic mass is 9.94. The molecule has 30 fully saturated rings. The predicted molar refractivity (Wildman–Crippen MR) is 300 cm³/mol. The zero-order valence-corrected chi connectivity index (χ0v) is 51.8. The molecule has 32 rings (SSSR count). The number of pyridine rings is 2. The third kappa shape index (κ3) is 15.5. The largest absolute Gasteiger partial charge is 0.394 e. The highest BCUT2D eigenvalue weighted by molar-refractivity contribution is 5.03. The van der Waals surface area contributed by atoms with Crippen LogP contribution in [-0.2, 0) is 88.9 Å². The smallest absolute Gasteiger partial charge is 0.187 e. The average molecular weight is 1420 g/mol. The summed E-state index contributed by atoms with van der Waals surface area (Å²) >= 11 is 0. The predicted octanol–water partition coefficient (Wildman–Crippen LogP) is -15.4. The lowest BCUT2D eigenvalue weighted by Crippen LogP contribution is -2.69. The Kier molecular flexibility index (Phi) is 25.4. The first-order valence-electron chi connectivity index (χ1n) is 31.8. The van der Waals surface area contributed by atoms with E-state index in [1.165, 1.54) is 9.13 Å². The number of ether oxygens (including phenoxy) is 16. The quantitative estimate of drug-likeness (QED) is 0.0982. The van der Waals surface area contributed by atoms with E-state index in [1.54, 1.807) is 61.2 Å². The minimum atomic E-state index is -2.24. The second-order valence-corrected chi connectivity index (χ2v) is 25.2. The van der Waals surface area contributed by atoms with Crippen LogP contribution in [0.1, 0.15) is 0 Å². The maximum absolute atomic E-state index is 11.9. The Balaban J connectivity index is 0.886. The van der Waals surface area contributed by atoms with Crippen LogP contribution in [0.5, 0.6) is 0 Å². The van der Waals surface area contributed by atoms with E-state index in [0.29, 0.717) is 0 Å². The Bertz CT molecular complexity index is 2720. The van der Waals surface area contributed by atoms with Crippen LogP contribution >= 0.6 is 0 Å². The molecule has 556 valence electrons. The van der Waals surface area contributed by atoms with Crippen molar-refractivity contribution in [1.82, 2.24) is 0 Å². The zero-order valence-electron chi connectivity index (χ0n) is 51.8. The Morgan fingerprint density at radius 2 is 0.327 bits per heavy atom. The molecule has 2 aromatic heterocycles. The van der Waals surface area contributed by atoms with Crippen LogP contribution in [0.2, 0.25) is 0 Å². The van der Waals surface area contributed by atoms with Crippen LogP contribution in [0.3, 0.4) is 0 Å². The van der Waals surface area contributed by atoms with Crippen LogP contribution in [0.25, 0.3) is 0 Å². The van der Waals surface area contributed by atoms with Gasteiger partial charge in [-0.2, -0.15) is 0 Å². The van der Waals surface area contributed by atoms with Gasteiger partial charge in [0.15, 0.2) is 88.2 Å². The molecule has 0 amide bonds. The van der Waals surface area contributed by atoms with Crippen LogP contribution in [0.15, 0.2) is 61.2 Å². The first-order valence-corrected chi connectivity index (χ1v) is 31.8. The SMILES string of the molecule is OC[C@@H]1O[C@@H]2O[C@H]3[C@H](O)[C@@H](O)[C@@H](O[C@H]4[C@H](O)[C@@H](O)[C@@H](O[C@H]5[C@@H](O)[C@H](O)[C@@H](O[C@H]6[C@@H](O)[C@H](O)[C@@H](O[C@H]7[C@H](O)[C@@H](O)[C@@H](O[C@H]8[C@H](O)[C@@H](O)[C@@H](O[C@H]9[C@H](O)[C@@H](O)[C@@H](O[C@H]1[C@H](O)[C@H]2O)O[C@H]9CO)O[C@H]8CO)O[C@@H]7CO)O[C@@H]6CO)O[C@@H]5C[n+]1ccccc1)O[C@@H]4CO)O[C@H]3C[n+]1ccccc1. The molecule has 40 heteroatoms. The topological polar surface area (TPSA) is 601 Å². The number of aliphatic hydroxyl groups excluding tert-OH is 22. The molecule has 2 aromatic rings. The van der Waals surface area contributed by atoms with Gasteiger partial charge >= 0.3 is 0 Å². The van der Waals surface area contributed by atoms with Crippen molar-refractivity contribution in [1.29, 1.82) is 0 Å². The molecule has 30 aliphatic rings. The molecule has 0 aromatic carbocycles. The monoisotopic (exact) mass is 1420 g/mol. The average Bonchev–Trinajstić information content (AvgIpc) is 0.777. The van der Waals surface area contributed by atoms with Crippen molar-refractivity contribution in [3.63, 3.8) is 0 Å². The van der Waals surface area contributed by atoms with Crippen molar-refractivity contribution in [2.45, 2.75) is 259 Å². The number of hydrogen-bond acceptors (Lipinski definition) is 38. The molecule has 32 heterocycles. The summed E-state index contributed by atoms with van der Waals surface area (Å²) in [6.07, 6.45) is -73.5. The second-order valence-electron chi connectivity index (χ2n) is 25.2. The molecule has 0 spiro atoms. The molecule has 30 saturated heterocycles. The molecule has 98 heavy (non-hydrogen) atoms. The van der Waals surface area contributed by atoms with Crippen LogP contribution in [0.4, 0.5) is 0 Å². The minimum Gasteiger partial charge on any atom is -0.394 e. The lowest BCUT2D eigenvalue weighted by molar-refractivity contribution is -0.707. The van der Waals surface area contributed by atoms with Crippen molar-refractivity contribution in [2.75, 3.05) is 39.6 Å². The van der Waals surface area contributed by atoms with Gasteiger partial charge < -0.3 is 188 Å². The standard InChI is InChI=1S/C58H88N2O38/c61-13-21-45-29(69)37(77)53(85-21)91-43-19(11-59-7-3-1-4-8-59)84-52(36(76)28(43)68)94-46-22(14-62)87-55(39(79)31(46)71)96-48-24(16-64)89-57(41(81)33(48)73)98-50-26(18-66)90-58(42(82)34(50)74)97-49-25(17-65)88-56(40(80)32(49)72)95-47-23(15-63)86-54(38(78)30(47)70)92-44-20(12-60-9-5-2-6-10-60)83-51(93-45)35(75)27(44)67/h1-10,19-58,61-82H,11-18H2/q+2/t19-,20+,21-,22-,23+,24-,25+,26+,27-,28+,29-,30-,31+,32-,33-,34-,35-,36+,37-,38-,39+,40-,41-,42-,43-,44-,45-,46-,47-,48-,49-,50-,51-,52-,53-,54-,55-,56-,57-,58-/m1/s1. The van der Waals surface area contributed by atoms with Gasteiger partial charge in [-0.1, -0.05) is 12.1 Å². The van der Waals surface area contributed by atoms with Gasteiger partial charge in [-0.25, -0.2) is 9.13 Å². The Labute approximate surface area is 555 Å². The third-order valence-electron chi connectivity index (χ3n) is 18.9. The highest BCUT2D eigenvalue weighted by Crippen LogP contribution is 2.40. The Morgan fingerprint density at radius 3 is 0.480 bits per heavy atom. The van der Waals surface area contributed by atoms with Crippen molar-refractivity contribution < 1.29 is 197 Å². The van der Waals surface area contributed by atoms with E-state index in [2.05, 4.69) is 0 Å². The van der Waals surface area contributed by atoms with Gasteiger partial charge in [-0.05, 0) is 0 Å². The van der Waals surface area contributed by atoms with E-state index in [4.69, 9.17) is 75.8 Å². The van der Waals surface area contributed by atoms with Gasteiger partial charge in [0.2, 0.25) is 0 Å². The third-order valence-corrected chi connectivity index (χ3v) is 18.9. The van der Waals surface area contributed by atoms with Crippen LogP contribution in [0, 0.1) is 0 Å². The summed E-state index contributed by atoms with van der Waals surface area (Å²) in [6, 6.07) is 9.80. The van der Waals surface area contributed by atoms with Crippen LogP contribution < -0.4 is 9.13 Å². The molecule has 0 radical (unpaired) electrons. The maximum Gasteiger partial charge on any atom is 0.187 e. The summed E-state index contributed by atoms with van der Waals surface area (Å²) in [5, 5.41) is 250. The molecule has 0 unspecified atom stereocenters. The van der Waals surface area contributed by atoms with E-state index >= 15 is 0 Å². The Hall–Kier alpha value is -3.22. The van der Waals surface area contributed by atoms with Crippen molar-refractivity contribution in [3.05, 3.63) is 61.2 Å². The first kappa shape index (κ1) is 75.9. The summed E-state index contributed by atoms with van der Waals surface area (Å²) in [5.74, 6) is 0. The fraction of sp³-hybridized carbons (Fsp3) is 0.828. The van der Waals surface area contributed by atoms with Gasteiger partial charge in [0.05, 0.1) is 39.6 Å². The molecule has 0 aliphatic carbocycles. The zero-order chi connectivity index (χ0) is 70.3. The minimum absolute atomic E-state index is 0.263. The van der Waals surface area contributed by atoms with E-state index in [9.17, 15) is 112 Å². The van der Waals surface area contributed by atoms with Gasteiger partial charge in [0, 0.05) is 24.3 Å². The molecule has 30 aliphatic heterocycles. The summed E-state index contributed by atoms with van der Waals surface area (Å²) in [6.45, 7) is -6.85. The molecule has 0 saturated carbocycles. The molecule has 40 nitrogen and oxygen atoms in total. The van der Waals surface area contributed by atoms with Crippen molar-refractivity contribution in [2.24, 2.45) is 0 Å². The van der Waals surface area contributed by atoms with E-state index in [0.717, 1.165) is 0 Å². The van der Waals surface area contributed by atoms with Crippen molar-refractivity contribution in [3.8, 4) is 0 Å². The van der Waals surface area contributed by atoms with E-state index in [-0.39, 0.29) is 13.1 Å². The maximum atomic E-state index is 11.9. The fourth-order valence-corrected chi connectivity index (χ4v) is 13.4. The normalized spacial score (nSPS) is 50.8. The number of aliphatic hydroxyl groups is 22.